The van der Waals surface area contributed by atoms with Gasteiger partial charge < -0.3 is 21.7 Å². The van der Waals surface area contributed by atoms with Gasteiger partial charge in [0, 0.05) is 0 Å². The summed E-state index contributed by atoms with van der Waals surface area (Å²) in [5, 5.41) is 8.22. The summed E-state index contributed by atoms with van der Waals surface area (Å²) in [5.41, 5.74) is 5.00. The second-order valence-electron chi connectivity index (χ2n) is 5.52. The van der Waals surface area contributed by atoms with Gasteiger partial charge in [-0.1, -0.05) is 26.0 Å². The first kappa shape index (κ1) is 17.2. The molecule has 0 aromatic heterocycles. The molecule has 7 heteroatoms. The Kier molecular flexibility index (Phi) is 6.87. The van der Waals surface area contributed by atoms with Crippen LogP contribution in [0.3, 0.4) is 0 Å². The summed E-state index contributed by atoms with van der Waals surface area (Å²) < 4.78 is 0. The Bertz CT molecular complexity index is 420. The summed E-state index contributed by atoms with van der Waals surface area (Å²) in [4.78, 5) is 34.9. The van der Waals surface area contributed by atoms with Crippen molar-refractivity contribution >= 4 is 17.7 Å². The molecule has 118 valence electrons. The van der Waals surface area contributed by atoms with Crippen molar-refractivity contribution < 1.29 is 14.4 Å². The second-order valence-corrected chi connectivity index (χ2v) is 5.52. The van der Waals surface area contributed by atoms with E-state index in [4.69, 9.17) is 5.73 Å². The lowest BCUT2D eigenvalue weighted by molar-refractivity contribution is -0.130. The molecular formula is C14H24N4O3. The molecule has 7 nitrogen and oxygen atoms in total. The fraction of sp³-hybridized carbons (Fsp3) is 0.643. The molecule has 1 heterocycles. The van der Waals surface area contributed by atoms with Crippen molar-refractivity contribution in [3.63, 3.8) is 0 Å². The van der Waals surface area contributed by atoms with Gasteiger partial charge in [-0.05, 0) is 25.3 Å². The topological polar surface area (TPSA) is 113 Å². The van der Waals surface area contributed by atoms with Crippen LogP contribution in [0.15, 0.2) is 12.2 Å². The van der Waals surface area contributed by atoms with E-state index in [1.807, 2.05) is 19.9 Å². The van der Waals surface area contributed by atoms with E-state index in [-0.39, 0.29) is 18.4 Å². The maximum absolute atomic E-state index is 12.1. The fourth-order valence-corrected chi connectivity index (χ4v) is 2.06. The zero-order chi connectivity index (χ0) is 15.8. The Balaban J connectivity index is 2.61. The first-order valence-corrected chi connectivity index (χ1v) is 7.16. The van der Waals surface area contributed by atoms with Crippen LogP contribution >= 0.6 is 0 Å². The largest absolute Gasteiger partial charge is 0.368 e. The molecule has 0 aliphatic carbocycles. The van der Waals surface area contributed by atoms with Gasteiger partial charge in [-0.2, -0.15) is 0 Å². The lowest BCUT2D eigenvalue weighted by Crippen LogP contribution is -2.54. The summed E-state index contributed by atoms with van der Waals surface area (Å²) in [7, 11) is 0. The van der Waals surface area contributed by atoms with Crippen LogP contribution in [0, 0.1) is 5.92 Å². The van der Waals surface area contributed by atoms with Gasteiger partial charge >= 0.3 is 0 Å². The monoisotopic (exact) mass is 296 g/mol. The fourth-order valence-electron chi connectivity index (χ4n) is 2.06. The van der Waals surface area contributed by atoms with Gasteiger partial charge in [0.1, 0.15) is 12.1 Å². The van der Waals surface area contributed by atoms with Crippen LogP contribution in [0.4, 0.5) is 0 Å². The molecule has 1 aliphatic rings. The highest BCUT2D eigenvalue weighted by atomic mass is 16.2. The van der Waals surface area contributed by atoms with Crippen LogP contribution in [0.25, 0.3) is 0 Å². The van der Waals surface area contributed by atoms with Crippen molar-refractivity contribution in [2.24, 2.45) is 11.7 Å². The Hall–Kier alpha value is -1.89. The molecule has 5 N–H and O–H groups in total. The first-order chi connectivity index (χ1) is 9.90. The molecule has 0 bridgehead atoms. The number of hydrogen-bond donors (Lipinski definition) is 4. The zero-order valence-corrected chi connectivity index (χ0v) is 12.5. The number of nitrogens with one attached hydrogen (secondary N) is 3. The van der Waals surface area contributed by atoms with Crippen LogP contribution < -0.4 is 21.7 Å². The van der Waals surface area contributed by atoms with Crippen LogP contribution in [0.1, 0.15) is 26.7 Å². The maximum Gasteiger partial charge on any atom is 0.243 e. The van der Waals surface area contributed by atoms with Gasteiger partial charge in [0.15, 0.2) is 0 Å². The summed E-state index contributed by atoms with van der Waals surface area (Å²) in [6.07, 6.45) is 5.10. The predicted octanol–water partition coefficient (Wildman–Crippen LogP) is -0.963. The molecule has 3 amide bonds. The SMILES string of the molecule is CC(C)C[C@H](NC(=O)[C@H]1C=CCCN1)C(=O)NCC(N)=O. The van der Waals surface area contributed by atoms with E-state index >= 15 is 0 Å². The molecule has 21 heavy (non-hydrogen) atoms. The van der Waals surface area contributed by atoms with E-state index in [0.29, 0.717) is 6.42 Å². The average Bonchev–Trinajstić information content (AvgIpc) is 2.44. The molecule has 0 saturated carbocycles. The highest BCUT2D eigenvalue weighted by molar-refractivity contribution is 5.92. The summed E-state index contributed by atoms with van der Waals surface area (Å²) in [6.45, 7) is 4.42. The van der Waals surface area contributed by atoms with Crippen LogP contribution in [0.5, 0.6) is 0 Å². The van der Waals surface area contributed by atoms with E-state index in [0.717, 1.165) is 13.0 Å². The molecule has 0 saturated heterocycles. The minimum Gasteiger partial charge on any atom is -0.368 e. The van der Waals surface area contributed by atoms with E-state index in [2.05, 4.69) is 16.0 Å². The normalized spacial score (nSPS) is 19.1. The smallest absolute Gasteiger partial charge is 0.243 e. The van der Waals surface area contributed by atoms with Gasteiger partial charge in [-0.15, -0.1) is 0 Å². The number of rotatable bonds is 7. The molecular weight excluding hydrogens is 272 g/mol. The molecule has 0 fully saturated rings. The molecule has 1 aliphatic heterocycles. The van der Waals surface area contributed by atoms with Crippen LogP contribution in [0.2, 0.25) is 0 Å². The number of amides is 3. The first-order valence-electron chi connectivity index (χ1n) is 7.16. The maximum atomic E-state index is 12.1. The highest BCUT2D eigenvalue weighted by Gasteiger charge is 2.25. The minimum absolute atomic E-state index is 0.226. The second kappa shape index (κ2) is 8.41. The highest BCUT2D eigenvalue weighted by Crippen LogP contribution is 2.06. The molecule has 0 spiro atoms. The van der Waals surface area contributed by atoms with Crippen molar-refractivity contribution in [2.75, 3.05) is 13.1 Å². The Morgan fingerprint density at radius 3 is 2.62 bits per heavy atom. The zero-order valence-electron chi connectivity index (χ0n) is 12.5. The van der Waals surface area contributed by atoms with Crippen LogP contribution in [-0.2, 0) is 14.4 Å². The standard InChI is InChI=1S/C14H24N4O3/c1-9(2)7-11(13(20)17-8-12(15)19)18-14(21)10-5-3-4-6-16-10/h3,5,9-11,16H,4,6-8H2,1-2H3,(H2,15,19)(H,17,20)(H,18,21)/t10-,11+/m1/s1. The van der Waals surface area contributed by atoms with Gasteiger partial charge in [-0.25, -0.2) is 0 Å². The van der Waals surface area contributed by atoms with Crippen molar-refractivity contribution in [1.29, 1.82) is 0 Å². The number of carbonyl (C=O) groups is 3. The van der Waals surface area contributed by atoms with Crippen molar-refractivity contribution in [1.82, 2.24) is 16.0 Å². The Labute approximate surface area is 124 Å². The average molecular weight is 296 g/mol. The third kappa shape index (κ3) is 6.40. The Morgan fingerprint density at radius 2 is 2.10 bits per heavy atom. The van der Waals surface area contributed by atoms with E-state index in [1.165, 1.54) is 0 Å². The van der Waals surface area contributed by atoms with Gasteiger partial charge in [0.25, 0.3) is 0 Å². The third-order valence-corrected chi connectivity index (χ3v) is 3.06. The van der Waals surface area contributed by atoms with Crippen molar-refractivity contribution in [2.45, 2.75) is 38.8 Å². The molecule has 1 rings (SSSR count). The van der Waals surface area contributed by atoms with Gasteiger partial charge in [0.2, 0.25) is 17.7 Å². The predicted molar refractivity (Wildman–Crippen MR) is 79.1 cm³/mol. The molecule has 2 atom stereocenters. The quantitative estimate of drug-likeness (QED) is 0.453. The third-order valence-electron chi connectivity index (χ3n) is 3.06. The Morgan fingerprint density at radius 1 is 1.38 bits per heavy atom. The number of primary amides is 1. The molecule has 0 aromatic rings. The van der Waals surface area contributed by atoms with E-state index in [9.17, 15) is 14.4 Å². The summed E-state index contributed by atoms with van der Waals surface area (Å²) >= 11 is 0. The number of hydrogen-bond acceptors (Lipinski definition) is 4. The van der Waals surface area contributed by atoms with Gasteiger partial charge in [-0.3, -0.25) is 14.4 Å². The summed E-state index contributed by atoms with van der Waals surface area (Å²) in [6, 6.07) is -1.09. The van der Waals surface area contributed by atoms with Crippen molar-refractivity contribution in [3.05, 3.63) is 12.2 Å². The molecule has 0 unspecified atom stereocenters. The molecule has 0 radical (unpaired) electrons. The minimum atomic E-state index is -0.672. The molecule has 0 aromatic carbocycles. The van der Waals surface area contributed by atoms with Crippen molar-refractivity contribution in [3.8, 4) is 0 Å². The van der Waals surface area contributed by atoms with E-state index in [1.54, 1.807) is 6.08 Å². The van der Waals surface area contributed by atoms with Gasteiger partial charge in [0.05, 0.1) is 6.54 Å². The van der Waals surface area contributed by atoms with Crippen LogP contribution in [-0.4, -0.2) is 42.9 Å². The summed E-state index contributed by atoms with van der Waals surface area (Å²) in [5.74, 6) is -1.03. The lowest BCUT2D eigenvalue weighted by atomic mass is 10.0. The lowest BCUT2D eigenvalue weighted by Gasteiger charge is -2.23. The number of nitrogens with two attached hydrogens (primary N) is 1. The van der Waals surface area contributed by atoms with E-state index < -0.39 is 23.9 Å². The number of carbonyl (C=O) groups excluding carboxylic acids is 3.